The molecule has 2 N–H and O–H groups in total. The molecule has 2 aromatic heterocycles. The van der Waals surface area contributed by atoms with Crippen LogP contribution in [0, 0.1) is 0 Å². The molecule has 3 aromatic carbocycles. The first-order chi connectivity index (χ1) is 18.8. The van der Waals surface area contributed by atoms with Gasteiger partial charge in [-0.25, -0.2) is 0 Å². The van der Waals surface area contributed by atoms with Crippen molar-refractivity contribution >= 4 is 27.9 Å². The first-order valence-electron chi connectivity index (χ1n) is 11.8. The molecule has 0 saturated carbocycles. The van der Waals surface area contributed by atoms with Gasteiger partial charge < -0.3 is 33.3 Å². The summed E-state index contributed by atoms with van der Waals surface area (Å²) < 4.78 is 27.6. The van der Waals surface area contributed by atoms with Crippen LogP contribution in [0.3, 0.4) is 0 Å². The van der Waals surface area contributed by atoms with Gasteiger partial charge in [0.15, 0.2) is 22.4 Å². The highest BCUT2D eigenvalue weighted by Crippen LogP contribution is 2.46. The number of carbonyl (C=O) groups is 1. The van der Waals surface area contributed by atoms with Crippen LogP contribution in [0.4, 0.5) is 0 Å². The van der Waals surface area contributed by atoms with E-state index in [1.807, 2.05) is 0 Å². The Morgan fingerprint density at radius 1 is 0.923 bits per heavy atom. The summed E-state index contributed by atoms with van der Waals surface area (Å²) in [7, 11) is 2.88. The topological polar surface area (TPSA) is 146 Å². The third-order valence-corrected chi connectivity index (χ3v) is 6.77. The van der Waals surface area contributed by atoms with Gasteiger partial charge in [0, 0.05) is 34.7 Å². The number of carbonyl (C=O) groups excluding carboxylic acids is 1. The number of rotatable bonds is 4. The van der Waals surface area contributed by atoms with E-state index < -0.39 is 28.5 Å². The quantitative estimate of drug-likeness (QED) is 0.254. The second-order valence-electron chi connectivity index (χ2n) is 8.99. The summed E-state index contributed by atoms with van der Waals surface area (Å²) >= 11 is 0. The third kappa shape index (κ3) is 3.84. The first kappa shape index (κ1) is 24.1. The summed E-state index contributed by atoms with van der Waals surface area (Å²) in [6, 6.07) is 11.6. The summed E-state index contributed by atoms with van der Waals surface area (Å²) in [6.07, 6.45) is 1.02. The maximum atomic E-state index is 13.6. The van der Waals surface area contributed by atoms with Gasteiger partial charge in [0.25, 0.3) is 0 Å². The Morgan fingerprint density at radius 2 is 1.74 bits per heavy atom. The molecule has 196 valence electrons. The maximum absolute atomic E-state index is 13.6. The lowest BCUT2D eigenvalue weighted by molar-refractivity contribution is -0.135. The van der Waals surface area contributed by atoms with E-state index in [4.69, 9.17) is 23.0 Å². The molecule has 5 aromatic rings. The second kappa shape index (κ2) is 8.95. The molecule has 0 fully saturated rings. The highest BCUT2D eigenvalue weighted by molar-refractivity contribution is 5.93. The van der Waals surface area contributed by atoms with E-state index >= 15 is 0 Å². The van der Waals surface area contributed by atoms with Crippen molar-refractivity contribution in [2.75, 3.05) is 14.2 Å². The van der Waals surface area contributed by atoms with Gasteiger partial charge in [0.2, 0.25) is 0 Å². The largest absolute Gasteiger partial charge is 0.507 e. The molecule has 0 radical (unpaired) electrons. The van der Waals surface area contributed by atoms with Gasteiger partial charge >= 0.3 is 5.97 Å². The van der Waals surface area contributed by atoms with Crippen molar-refractivity contribution in [2.45, 2.75) is 12.3 Å². The van der Waals surface area contributed by atoms with Crippen LogP contribution in [0.25, 0.3) is 33.3 Å². The van der Waals surface area contributed by atoms with Crippen LogP contribution in [0.1, 0.15) is 23.5 Å². The minimum Gasteiger partial charge on any atom is -0.507 e. The third-order valence-electron chi connectivity index (χ3n) is 6.77. The van der Waals surface area contributed by atoms with Crippen molar-refractivity contribution in [2.24, 2.45) is 0 Å². The summed E-state index contributed by atoms with van der Waals surface area (Å²) in [6.45, 7) is 0. The number of esters is 1. The van der Waals surface area contributed by atoms with E-state index in [-0.39, 0.29) is 56.9 Å². The van der Waals surface area contributed by atoms with Crippen LogP contribution in [-0.4, -0.2) is 30.4 Å². The number of benzene rings is 3. The number of fused-ring (bicyclic) bond motifs is 4. The molecule has 1 aliphatic heterocycles. The molecule has 10 nitrogen and oxygen atoms in total. The van der Waals surface area contributed by atoms with Crippen molar-refractivity contribution in [1.29, 1.82) is 0 Å². The summed E-state index contributed by atoms with van der Waals surface area (Å²) in [5.41, 5.74) is 0.00109. The highest BCUT2D eigenvalue weighted by atomic mass is 16.5. The van der Waals surface area contributed by atoms with Crippen LogP contribution >= 0.6 is 0 Å². The Morgan fingerprint density at radius 3 is 2.49 bits per heavy atom. The number of methoxy groups -OCH3 is 2. The zero-order chi connectivity index (χ0) is 27.4. The SMILES string of the molecule is COc1ccc2occ([C@@H]3CC(=O)Oc4cc(O)c5c(=O)cc(-c6ccc(OC)c(O)c6)oc5c43)c(=O)c2c1. The van der Waals surface area contributed by atoms with Crippen LogP contribution in [-0.2, 0) is 4.79 Å². The average Bonchev–Trinajstić information content (AvgIpc) is 2.92. The van der Waals surface area contributed by atoms with E-state index in [2.05, 4.69) is 0 Å². The number of phenols is 2. The van der Waals surface area contributed by atoms with E-state index in [9.17, 15) is 24.6 Å². The van der Waals surface area contributed by atoms with Gasteiger partial charge in [0.05, 0.1) is 32.3 Å². The fourth-order valence-electron chi connectivity index (χ4n) is 4.90. The van der Waals surface area contributed by atoms with Gasteiger partial charge in [-0.3, -0.25) is 14.4 Å². The van der Waals surface area contributed by atoms with Crippen molar-refractivity contribution in [1.82, 2.24) is 0 Å². The van der Waals surface area contributed by atoms with Gasteiger partial charge in [-0.1, -0.05) is 0 Å². The molecular formula is C29H20O10. The molecule has 1 atom stereocenters. The Bertz CT molecular complexity index is 1930. The molecule has 0 unspecified atom stereocenters. The van der Waals surface area contributed by atoms with Crippen molar-refractivity contribution in [3.63, 3.8) is 0 Å². The molecule has 10 heteroatoms. The lowest BCUT2D eigenvalue weighted by Gasteiger charge is -2.25. The van der Waals surface area contributed by atoms with Gasteiger partial charge in [0.1, 0.15) is 39.6 Å². The molecule has 0 aliphatic carbocycles. The molecule has 39 heavy (non-hydrogen) atoms. The molecule has 0 saturated heterocycles. The Hall–Kier alpha value is -5.25. The predicted molar refractivity (Wildman–Crippen MR) is 139 cm³/mol. The zero-order valence-electron chi connectivity index (χ0n) is 20.6. The lowest BCUT2D eigenvalue weighted by atomic mass is 9.85. The number of ether oxygens (including phenoxy) is 3. The number of hydrogen-bond donors (Lipinski definition) is 2. The normalized spacial score (nSPS) is 14.7. The molecule has 1 aliphatic rings. The van der Waals surface area contributed by atoms with Crippen molar-refractivity contribution in [3.8, 4) is 40.1 Å². The molecule has 6 rings (SSSR count). The summed E-state index contributed by atoms with van der Waals surface area (Å²) in [5, 5.41) is 21.0. The van der Waals surface area contributed by atoms with Crippen molar-refractivity contribution in [3.05, 3.63) is 86.4 Å². The lowest BCUT2D eigenvalue weighted by Crippen LogP contribution is -2.25. The van der Waals surface area contributed by atoms with E-state index in [1.54, 1.807) is 18.2 Å². The van der Waals surface area contributed by atoms with Gasteiger partial charge in [-0.15, -0.1) is 0 Å². The van der Waals surface area contributed by atoms with Crippen LogP contribution in [0.2, 0.25) is 0 Å². The minimum atomic E-state index is -0.918. The number of hydrogen-bond acceptors (Lipinski definition) is 10. The zero-order valence-corrected chi connectivity index (χ0v) is 20.6. The van der Waals surface area contributed by atoms with Crippen LogP contribution in [0.5, 0.6) is 28.7 Å². The molecule has 3 heterocycles. The van der Waals surface area contributed by atoms with E-state index in [1.165, 1.54) is 44.7 Å². The van der Waals surface area contributed by atoms with Gasteiger partial charge in [-0.05, 0) is 36.4 Å². The van der Waals surface area contributed by atoms with E-state index in [0.717, 1.165) is 6.07 Å². The fourth-order valence-corrected chi connectivity index (χ4v) is 4.90. The monoisotopic (exact) mass is 528 g/mol. The number of phenolic OH excluding ortho intramolecular Hbond substituents is 2. The molecule has 0 bridgehead atoms. The molecule has 0 amide bonds. The standard InChI is InChI=1S/C29H20O10/c1-35-14-4-6-21-16(8-14)28(34)17(12-37-21)15-9-25(33)38-24-11-20(32)27-19(31)10-23(39-29(27)26(15)24)13-3-5-22(36-2)18(30)7-13/h3-8,10-12,15,30,32H,9H2,1-2H3/t15-/m0/s1. The molecular weight excluding hydrogens is 508 g/mol. The van der Waals surface area contributed by atoms with Gasteiger partial charge in [-0.2, -0.15) is 0 Å². The Labute approximate surface area is 219 Å². The van der Waals surface area contributed by atoms with Crippen LogP contribution < -0.4 is 25.1 Å². The van der Waals surface area contributed by atoms with Crippen molar-refractivity contribution < 1.29 is 38.1 Å². The second-order valence-corrected chi connectivity index (χ2v) is 8.99. The predicted octanol–water partition coefficient (Wildman–Crippen LogP) is 4.44. The summed E-state index contributed by atoms with van der Waals surface area (Å²) in [4.78, 5) is 39.4. The maximum Gasteiger partial charge on any atom is 0.312 e. The smallest absolute Gasteiger partial charge is 0.312 e. The average molecular weight is 528 g/mol. The first-order valence-corrected chi connectivity index (χ1v) is 11.8. The number of aromatic hydroxyl groups is 2. The summed E-state index contributed by atoms with van der Waals surface area (Å²) in [5.74, 6) is -1.49. The fraction of sp³-hybridized carbons (Fsp3) is 0.138. The molecule has 0 spiro atoms. The van der Waals surface area contributed by atoms with Crippen LogP contribution in [0.15, 0.2) is 73.2 Å². The van der Waals surface area contributed by atoms with E-state index in [0.29, 0.717) is 16.9 Å². The Balaban J connectivity index is 1.63. The Kier molecular flexibility index (Phi) is 5.53. The minimum absolute atomic E-state index is 0.0516. The highest BCUT2D eigenvalue weighted by Gasteiger charge is 2.35.